The van der Waals surface area contributed by atoms with Gasteiger partial charge in [0.05, 0.1) is 12.7 Å². The number of nitrogens with zero attached hydrogens (tertiary/aromatic N) is 1. The molecule has 0 bridgehead atoms. The van der Waals surface area contributed by atoms with E-state index in [0.29, 0.717) is 5.56 Å². The summed E-state index contributed by atoms with van der Waals surface area (Å²) in [5.74, 6) is -0.312. The lowest BCUT2D eigenvalue weighted by Gasteiger charge is -2.20. The molecule has 0 saturated heterocycles. The van der Waals surface area contributed by atoms with Gasteiger partial charge in [-0.3, -0.25) is 9.69 Å². The summed E-state index contributed by atoms with van der Waals surface area (Å²) in [6, 6.07) is 11.8. The number of rotatable bonds is 9. The Labute approximate surface area is 159 Å². The first-order chi connectivity index (χ1) is 13.0. The summed E-state index contributed by atoms with van der Waals surface area (Å²) in [5.41, 5.74) is 2.56. The lowest BCUT2D eigenvalue weighted by molar-refractivity contribution is 0.0696. The standard InChI is InChI=1S/C22H25NO4/c1-4-23(5-2)15-19-14-18(11-13-21(19)27-3)20(24)12-8-16-6-9-17(10-7-16)22(25)26/h6-14H,4-5,15H2,1-3H3,(H,25,26). The topological polar surface area (TPSA) is 66.8 Å². The fourth-order valence-electron chi connectivity index (χ4n) is 2.75. The number of allylic oxidation sites excluding steroid dienone is 1. The summed E-state index contributed by atoms with van der Waals surface area (Å²) in [6.07, 6.45) is 3.18. The van der Waals surface area contributed by atoms with Gasteiger partial charge in [-0.2, -0.15) is 0 Å². The number of carboxylic acids is 1. The molecule has 0 radical (unpaired) electrons. The average molecular weight is 367 g/mol. The van der Waals surface area contributed by atoms with Crippen LogP contribution in [0.1, 0.15) is 45.7 Å². The maximum absolute atomic E-state index is 12.5. The fourth-order valence-corrected chi connectivity index (χ4v) is 2.75. The van der Waals surface area contributed by atoms with E-state index >= 15 is 0 Å². The molecule has 2 aromatic carbocycles. The molecule has 0 atom stereocenters. The Balaban J connectivity index is 2.18. The third-order valence-electron chi connectivity index (χ3n) is 4.44. The second kappa shape index (κ2) is 9.69. The van der Waals surface area contributed by atoms with E-state index in [-0.39, 0.29) is 11.3 Å². The Morgan fingerprint density at radius 1 is 1.04 bits per heavy atom. The molecule has 1 N–H and O–H groups in total. The Kier molecular flexibility index (Phi) is 7.32. The quantitative estimate of drug-likeness (QED) is 0.533. The van der Waals surface area contributed by atoms with Crippen LogP contribution >= 0.6 is 0 Å². The monoisotopic (exact) mass is 367 g/mol. The molecule has 0 aliphatic rings. The summed E-state index contributed by atoms with van der Waals surface area (Å²) < 4.78 is 5.43. The SMILES string of the molecule is CCN(CC)Cc1cc(C(=O)C=Cc2ccc(C(=O)O)cc2)ccc1OC. The van der Waals surface area contributed by atoms with Crippen LogP contribution in [0.4, 0.5) is 0 Å². The molecule has 27 heavy (non-hydrogen) atoms. The molecule has 0 aliphatic carbocycles. The van der Waals surface area contributed by atoms with E-state index in [1.807, 2.05) is 12.1 Å². The van der Waals surface area contributed by atoms with Crippen LogP contribution in [0.2, 0.25) is 0 Å². The van der Waals surface area contributed by atoms with Crippen LogP contribution in [0.5, 0.6) is 5.75 Å². The zero-order valence-corrected chi connectivity index (χ0v) is 15.9. The van der Waals surface area contributed by atoms with Crippen molar-refractivity contribution < 1.29 is 19.4 Å². The summed E-state index contributed by atoms with van der Waals surface area (Å²) in [7, 11) is 1.63. The van der Waals surface area contributed by atoms with E-state index in [9.17, 15) is 9.59 Å². The van der Waals surface area contributed by atoms with Gasteiger partial charge in [-0.15, -0.1) is 0 Å². The fraction of sp³-hybridized carbons (Fsp3) is 0.273. The van der Waals surface area contributed by atoms with Crippen LogP contribution < -0.4 is 4.74 Å². The van der Waals surface area contributed by atoms with Gasteiger partial charge >= 0.3 is 5.97 Å². The van der Waals surface area contributed by atoms with Gasteiger partial charge in [-0.1, -0.05) is 32.1 Å². The second-order valence-electron chi connectivity index (χ2n) is 6.11. The first-order valence-corrected chi connectivity index (χ1v) is 8.93. The van der Waals surface area contributed by atoms with Crippen molar-refractivity contribution in [2.75, 3.05) is 20.2 Å². The number of hydrogen-bond donors (Lipinski definition) is 1. The van der Waals surface area contributed by atoms with E-state index in [0.717, 1.165) is 36.5 Å². The normalized spacial score (nSPS) is 11.1. The van der Waals surface area contributed by atoms with Crippen LogP contribution in [0, 0.1) is 0 Å². The van der Waals surface area contributed by atoms with Crippen molar-refractivity contribution in [3.63, 3.8) is 0 Å². The van der Waals surface area contributed by atoms with Crippen molar-refractivity contribution in [1.82, 2.24) is 4.90 Å². The molecule has 0 heterocycles. The number of hydrogen-bond acceptors (Lipinski definition) is 4. The summed E-state index contributed by atoms with van der Waals surface area (Å²) in [5, 5.41) is 8.92. The summed E-state index contributed by atoms with van der Waals surface area (Å²) in [6.45, 7) is 6.76. The highest BCUT2D eigenvalue weighted by atomic mass is 16.5. The van der Waals surface area contributed by atoms with Gasteiger partial charge in [0.2, 0.25) is 0 Å². The average Bonchev–Trinajstić information content (AvgIpc) is 2.70. The maximum Gasteiger partial charge on any atom is 0.335 e. The van der Waals surface area contributed by atoms with E-state index in [1.165, 1.54) is 18.2 Å². The molecule has 2 aromatic rings. The van der Waals surface area contributed by atoms with Gasteiger partial charge in [0.15, 0.2) is 5.78 Å². The molecule has 2 rings (SSSR count). The summed E-state index contributed by atoms with van der Waals surface area (Å²) >= 11 is 0. The molecular weight excluding hydrogens is 342 g/mol. The molecule has 0 amide bonds. The van der Waals surface area contributed by atoms with Crippen molar-refractivity contribution in [3.8, 4) is 5.75 Å². The molecule has 0 aromatic heterocycles. The Morgan fingerprint density at radius 2 is 1.67 bits per heavy atom. The van der Waals surface area contributed by atoms with Crippen LogP contribution in [0.3, 0.4) is 0 Å². The highest BCUT2D eigenvalue weighted by Gasteiger charge is 2.11. The van der Waals surface area contributed by atoms with Crippen molar-refractivity contribution >= 4 is 17.8 Å². The number of carboxylic acid groups (broad SMARTS) is 1. The number of ether oxygens (including phenoxy) is 1. The largest absolute Gasteiger partial charge is 0.496 e. The number of ketones is 1. The van der Waals surface area contributed by atoms with E-state index in [1.54, 1.807) is 31.4 Å². The minimum atomic E-state index is -0.972. The third-order valence-corrected chi connectivity index (χ3v) is 4.44. The van der Waals surface area contributed by atoms with Crippen molar-refractivity contribution in [2.45, 2.75) is 20.4 Å². The maximum atomic E-state index is 12.5. The lowest BCUT2D eigenvalue weighted by Crippen LogP contribution is -2.22. The molecule has 5 nitrogen and oxygen atoms in total. The molecule has 0 fully saturated rings. The minimum Gasteiger partial charge on any atom is -0.496 e. The van der Waals surface area contributed by atoms with Crippen LogP contribution in [-0.2, 0) is 6.54 Å². The molecule has 5 heteroatoms. The van der Waals surface area contributed by atoms with E-state index < -0.39 is 5.97 Å². The zero-order chi connectivity index (χ0) is 19.8. The lowest BCUT2D eigenvalue weighted by atomic mass is 10.0. The molecule has 0 spiro atoms. The number of methoxy groups -OCH3 is 1. The van der Waals surface area contributed by atoms with Gasteiger partial charge in [0.1, 0.15) is 5.75 Å². The molecule has 0 saturated carbocycles. The Bertz CT molecular complexity index is 821. The molecule has 0 unspecified atom stereocenters. The van der Waals surface area contributed by atoms with Gasteiger partial charge in [-0.05, 0) is 55.1 Å². The first kappa shape index (κ1) is 20.4. The van der Waals surface area contributed by atoms with E-state index in [2.05, 4.69) is 18.7 Å². The van der Waals surface area contributed by atoms with Gasteiger partial charge in [-0.25, -0.2) is 4.79 Å². The second-order valence-corrected chi connectivity index (χ2v) is 6.11. The third kappa shape index (κ3) is 5.53. The van der Waals surface area contributed by atoms with Gasteiger partial charge < -0.3 is 9.84 Å². The Morgan fingerprint density at radius 3 is 2.22 bits per heavy atom. The number of benzene rings is 2. The first-order valence-electron chi connectivity index (χ1n) is 8.93. The van der Waals surface area contributed by atoms with Crippen LogP contribution in [0.25, 0.3) is 6.08 Å². The van der Waals surface area contributed by atoms with Gasteiger partial charge in [0.25, 0.3) is 0 Å². The number of carbonyl (C=O) groups is 2. The molecule has 142 valence electrons. The highest BCUT2D eigenvalue weighted by Crippen LogP contribution is 2.22. The molecule has 0 aliphatic heterocycles. The Hall–Kier alpha value is -2.92. The minimum absolute atomic E-state index is 0.110. The smallest absolute Gasteiger partial charge is 0.335 e. The summed E-state index contributed by atoms with van der Waals surface area (Å²) in [4.78, 5) is 25.7. The van der Waals surface area contributed by atoms with E-state index in [4.69, 9.17) is 9.84 Å². The predicted molar refractivity (Wildman–Crippen MR) is 106 cm³/mol. The predicted octanol–water partition coefficient (Wildman–Crippen LogP) is 4.13. The van der Waals surface area contributed by atoms with Crippen molar-refractivity contribution in [3.05, 3.63) is 70.8 Å². The van der Waals surface area contributed by atoms with Crippen molar-refractivity contribution in [2.24, 2.45) is 0 Å². The number of carbonyl (C=O) groups excluding carboxylic acids is 1. The zero-order valence-electron chi connectivity index (χ0n) is 15.9. The highest BCUT2D eigenvalue weighted by molar-refractivity contribution is 6.07. The number of aromatic carboxylic acids is 1. The van der Waals surface area contributed by atoms with Gasteiger partial charge in [0, 0.05) is 17.7 Å². The molecular formula is C22H25NO4. The van der Waals surface area contributed by atoms with Crippen molar-refractivity contribution in [1.29, 1.82) is 0 Å². The van der Waals surface area contributed by atoms with Crippen LogP contribution in [0.15, 0.2) is 48.5 Å². The van der Waals surface area contributed by atoms with Crippen LogP contribution in [-0.4, -0.2) is 42.0 Å².